The van der Waals surface area contributed by atoms with Crippen LogP contribution in [0.3, 0.4) is 0 Å². The van der Waals surface area contributed by atoms with Crippen molar-refractivity contribution in [3.8, 4) is 0 Å². The second kappa shape index (κ2) is 5.02. The first-order chi connectivity index (χ1) is 10.4. The van der Waals surface area contributed by atoms with Crippen LogP contribution in [-0.2, 0) is 38.8 Å². The number of nitrogens with zero attached hydrogens (tertiary/aromatic N) is 1. The first-order valence-electron chi connectivity index (χ1n) is 6.22. The Hall–Kier alpha value is -0.960. The fraction of sp³-hybridized carbons (Fsp3) is 0.889. The van der Waals surface area contributed by atoms with Crippen molar-refractivity contribution in [2.24, 2.45) is 11.8 Å². The molecule has 3 heterocycles. The second-order valence-corrected chi connectivity index (χ2v) is 8.31. The molecule has 0 spiro atoms. The van der Waals surface area contributed by atoms with E-state index in [2.05, 4.69) is 4.18 Å². The second-order valence-electron chi connectivity index (χ2n) is 5.25. The molecule has 3 rings (SSSR count). The normalized spacial score (nSPS) is 37.0. The highest BCUT2D eigenvalue weighted by atomic mass is 32.3. The van der Waals surface area contributed by atoms with Crippen molar-refractivity contribution in [2.45, 2.75) is 30.2 Å². The van der Waals surface area contributed by atoms with Crippen molar-refractivity contribution in [1.29, 1.82) is 0 Å². The third kappa shape index (κ3) is 2.82. The summed E-state index contributed by atoms with van der Waals surface area (Å²) in [4.78, 5) is 11.5. The first-order valence-corrected chi connectivity index (χ1v) is 9.03. The number of alkyl halides is 3. The molecule has 3 aliphatic rings. The lowest BCUT2D eigenvalue weighted by atomic mass is 9.80. The third-order valence-electron chi connectivity index (χ3n) is 3.86. The van der Waals surface area contributed by atoms with Crippen LogP contribution in [0.5, 0.6) is 0 Å². The Balaban J connectivity index is 1.70. The molecule has 0 aromatic heterocycles. The van der Waals surface area contributed by atoms with E-state index in [0.29, 0.717) is 0 Å². The summed E-state index contributed by atoms with van der Waals surface area (Å²) in [7, 11) is -11.6. The van der Waals surface area contributed by atoms with Crippen molar-refractivity contribution >= 4 is 26.3 Å². The molecule has 23 heavy (non-hydrogen) atoms. The van der Waals surface area contributed by atoms with E-state index >= 15 is 0 Å². The lowest BCUT2D eigenvalue weighted by Crippen LogP contribution is -2.39. The van der Waals surface area contributed by atoms with Crippen LogP contribution in [0.4, 0.5) is 13.2 Å². The zero-order chi connectivity index (χ0) is 17.2. The molecule has 0 saturated carbocycles. The van der Waals surface area contributed by atoms with Gasteiger partial charge in [0.25, 0.3) is 0 Å². The van der Waals surface area contributed by atoms with Gasteiger partial charge in [-0.3, -0.25) is 8.98 Å². The number of rotatable bonds is 4. The minimum Gasteiger partial charge on any atom is -0.465 e. The highest BCUT2D eigenvalue weighted by molar-refractivity contribution is 8.10. The van der Waals surface area contributed by atoms with Crippen LogP contribution in [0.25, 0.3) is 4.13 Å². The summed E-state index contributed by atoms with van der Waals surface area (Å²) in [5, 5.41) is 0. The lowest BCUT2D eigenvalue weighted by Gasteiger charge is -2.28. The summed E-state index contributed by atoms with van der Waals surface area (Å²) in [6.45, 7) is -0.0252. The number of carbonyl (C=O) groups is 1. The van der Waals surface area contributed by atoms with Crippen molar-refractivity contribution in [3.05, 3.63) is 4.13 Å². The molecule has 0 aliphatic carbocycles. The van der Waals surface area contributed by atoms with E-state index in [-0.39, 0.29) is 13.0 Å². The number of ether oxygens (including phenoxy) is 2. The van der Waals surface area contributed by atoms with E-state index in [9.17, 15) is 34.8 Å². The average Bonchev–Trinajstić information content (AvgIpc) is 2.98. The topological polar surface area (TPSA) is 127 Å². The summed E-state index contributed by atoms with van der Waals surface area (Å²) >= 11 is 0. The maximum atomic E-state index is 12.2. The van der Waals surface area contributed by atoms with E-state index in [1.165, 1.54) is 0 Å². The monoisotopic (exact) mass is 380 g/mol. The van der Waals surface area contributed by atoms with E-state index in [1.807, 2.05) is 0 Å². The fourth-order valence-corrected chi connectivity index (χ4v) is 4.97. The van der Waals surface area contributed by atoms with Crippen LogP contribution in [0, 0.1) is 11.8 Å². The number of esters is 1. The smallest absolute Gasteiger partial charge is 0.465 e. The summed E-state index contributed by atoms with van der Waals surface area (Å²) in [6.07, 6.45) is -2.90. The Morgan fingerprint density at radius 1 is 1.22 bits per heavy atom. The zero-order valence-electron chi connectivity index (χ0n) is 11.0. The summed E-state index contributed by atoms with van der Waals surface area (Å²) in [5.74, 6) is -1.55. The molecule has 5 atom stereocenters. The SMILES string of the molecule is O=C1OCC2C3OC(CC3OS(=O)(=O)[N-]S(=O)(=O)C(F)(F)F)C12. The summed E-state index contributed by atoms with van der Waals surface area (Å²) in [6, 6.07) is 0. The summed E-state index contributed by atoms with van der Waals surface area (Å²) in [5.41, 5.74) is -5.86. The number of halogens is 3. The van der Waals surface area contributed by atoms with Gasteiger partial charge in [-0.1, -0.05) is 0 Å². The maximum Gasteiger partial charge on any atom is 0.480 e. The standard InChI is InChI=1S/C9H9F3NO8S2/c10-9(11,12)22(15,16)13-23(17,18)21-5-1-4-6-3(7(5)20-4)2-19-8(6)14/h3-7H,1-2H2/q-1. The van der Waals surface area contributed by atoms with E-state index < -0.39 is 62.0 Å². The number of sulfonamides is 1. The molecule has 0 amide bonds. The molecule has 2 bridgehead atoms. The Morgan fingerprint density at radius 3 is 2.48 bits per heavy atom. The molecule has 3 aliphatic heterocycles. The van der Waals surface area contributed by atoms with Gasteiger partial charge in [-0.05, 0) is 0 Å². The highest BCUT2D eigenvalue weighted by Crippen LogP contribution is 2.48. The van der Waals surface area contributed by atoms with Gasteiger partial charge in [0.2, 0.25) is 10.3 Å². The van der Waals surface area contributed by atoms with Crippen molar-refractivity contribution in [1.82, 2.24) is 0 Å². The number of fused-ring (bicyclic) bond motifs is 5. The van der Waals surface area contributed by atoms with Gasteiger partial charge in [-0.15, -0.1) is 0 Å². The van der Waals surface area contributed by atoms with Crippen LogP contribution < -0.4 is 0 Å². The molecule has 9 nitrogen and oxygen atoms in total. The van der Waals surface area contributed by atoms with E-state index in [1.54, 1.807) is 4.13 Å². The van der Waals surface area contributed by atoms with E-state index in [0.717, 1.165) is 0 Å². The lowest BCUT2D eigenvalue weighted by molar-refractivity contribution is -0.143. The Labute approximate surface area is 128 Å². The first kappa shape index (κ1) is 16.9. The maximum absolute atomic E-state index is 12.2. The van der Waals surface area contributed by atoms with Crippen LogP contribution in [0.2, 0.25) is 0 Å². The van der Waals surface area contributed by atoms with Gasteiger partial charge in [-0.2, -0.15) is 13.2 Å². The molecule has 3 saturated heterocycles. The molecule has 14 heteroatoms. The van der Waals surface area contributed by atoms with Crippen LogP contribution in [0.15, 0.2) is 0 Å². The molecular formula is C9H9F3NO8S2-. The van der Waals surface area contributed by atoms with Gasteiger partial charge in [0.15, 0.2) is 10.0 Å². The average molecular weight is 380 g/mol. The molecular weight excluding hydrogens is 371 g/mol. The fourth-order valence-electron chi connectivity index (χ4n) is 3.03. The molecule has 0 radical (unpaired) electrons. The number of hydrogen-bond donors (Lipinski definition) is 0. The number of cyclic esters (lactones) is 1. The minimum absolute atomic E-state index is 0.0252. The molecule has 0 N–H and O–H groups in total. The molecule has 0 aromatic rings. The number of hydrogen-bond acceptors (Lipinski definition) is 8. The van der Waals surface area contributed by atoms with Crippen molar-refractivity contribution in [3.63, 3.8) is 0 Å². The molecule has 5 unspecified atom stereocenters. The van der Waals surface area contributed by atoms with Crippen LogP contribution in [0.1, 0.15) is 6.42 Å². The predicted molar refractivity (Wildman–Crippen MR) is 63.3 cm³/mol. The van der Waals surface area contributed by atoms with E-state index in [4.69, 9.17) is 9.47 Å². The number of carbonyl (C=O) groups excluding carboxylic acids is 1. The minimum atomic E-state index is -6.24. The Morgan fingerprint density at radius 2 is 1.87 bits per heavy atom. The van der Waals surface area contributed by atoms with Crippen molar-refractivity contribution in [2.75, 3.05) is 6.61 Å². The predicted octanol–water partition coefficient (Wildman–Crippen LogP) is -0.200. The van der Waals surface area contributed by atoms with Gasteiger partial charge >= 0.3 is 11.5 Å². The molecule has 3 fully saturated rings. The quantitative estimate of drug-likeness (QED) is 0.614. The van der Waals surface area contributed by atoms with Gasteiger partial charge in [0.05, 0.1) is 24.7 Å². The third-order valence-corrected chi connectivity index (χ3v) is 6.45. The molecule has 132 valence electrons. The zero-order valence-corrected chi connectivity index (χ0v) is 12.6. The van der Waals surface area contributed by atoms with Crippen molar-refractivity contribution < 1.29 is 48.5 Å². The van der Waals surface area contributed by atoms with Gasteiger partial charge in [-0.25, -0.2) is 16.8 Å². The van der Waals surface area contributed by atoms with Gasteiger partial charge in [0, 0.05) is 12.3 Å². The van der Waals surface area contributed by atoms with Crippen LogP contribution in [-0.4, -0.2) is 53.2 Å². The highest BCUT2D eigenvalue weighted by Gasteiger charge is 2.61. The summed E-state index contributed by atoms with van der Waals surface area (Å²) < 4.78 is 97.4. The molecule has 0 aromatic carbocycles. The Kier molecular flexibility index (Phi) is 3.68. The van der Waals surface area contributed by atoms with Gasteiger partial charge in [0.1, 0.15) is 6.10 Å². The van der Waals surface area contributed by atoms with Gasteiger partial charge < -0.3 is 13.6 Å². The Bertz CT molecular complexity index is 732. The largest absolute Gasteiger partial charge is 0.480 e. The van der Waals surface area contributed by atoms with Crippen LogP contribution >= 0.6 is 0 Å².